The van der Waals surface area contributed by atoms with Crippen molar-refractivity contribution in [2.75, 3.05) is 0 Å². The van der Waals surface area contributed by atoms with E-state index >= 15 is 0 Å². The van der Waals surface area contributed by atoms with Gasteiger partial charge in [-0.05, 0) is 0 Å². The fourth-order valence-electron chi connectivity index (χ4n) is 3.59. The quantitative estimate of drug-likeness (QED) is 0.480. The molecular formula is C24H20O4Zr. The van der Waals surface area contributed by atoms with Crippen molar-refractivity contribution in [3.05, 3.63) is 108 Å². The van der Waals surface area contributed by atoms with Gasteiger partial charge in [0.2, 0.25) is 0 Å². The molecule has 4 nitrogen and oxygen atoms in total. The third-order valence-electron chi connectivity index (χ3n) is 4.97. The summed E-state index contributed by atoms with van der Waals surface area (Å²) in [6, 6.07) is 14.3. The molecule has 2 aromatic rings. The Bertz CT molecular complexity index is 927. The van der Waals surface area contributed by atoms with E-state index in [1.54, 1.807) is 24.3 Å². The average molecular weight is 464 g/mol. The first-order chi connectivity index (χ1) is 14.2. The second-order valence-electron chi connectivity index (χ2n) is 6.90. The van der Waals surface area contributed by atoms with Crippen LogP contribution < -0.4 is 5.63 Å². The van der Waals surface area contributed by atoms with Gasteiger partial charge in [0.25, 0.3) is 0 Å². The summed E-state index contributed by atoms with van der Waals surface area (Å²) in [5.41, 5.74) is 1.11. The Kier molecular flexibility index (Phi) is 5.87. The first kappa shape index (κ1) is 19.5. The van der Waals surface area contributed by atoms with Crippen LogP contribution in [0.4, 0.5) is 0 Å². The van der Waals surface area contributed by atoms with Crippen LogP contribution in [0.3, 0.4) is 0 Å². The van der Waals surface area contributed by atoms with Gasteiger partial charge in [-0.1, -0.05) is 0 Å². The third kappa shape index (κ3) is 4.15. The normalized spacial score (nSPS) is 15.7. The van der Waals surface area contributed by atoms with Gasteiger partial charge in [-0.25, -0.2) is 0 Å². The van der Waals surface area contributed by atoms with Crippen LogP contribution in [-0.4, -0.2) is 12.6 Å². The Balaban J connectivity index is 1.80. The van der Waals surface area contributed by atoms with E-state index in [1.165, 1.54) is 0 Å². The first-order valence-corrected chi connectivity index (χ1v) is 14.3. The summed E-state index contributed by atoms with van der Waals surface area (Å²) in [6.07, 6.45) is 18.1. The monoisotopic (exact) mass is 462 g/mol. The van der Waals surface area contributed by atoms with Crippen LogP contribution in [0, 0.1) is 0 Å². The average Bonchev–Trinajstić information content (AvgIpc) is 3.48. The van der Waals surface area contributed by atoms with E-state index in [0.29, 0.717) is 22.6 Å². The Labute approximate surface area is 175 Å². The van der Waals surface area contributed by atoms with Crippen LogP contribution in [-0.2, 0) is 21.1 Å². The molecule has 2 aliphatic rings. The maximum atomic E-state index is 11.3. The molecule has 0 saturated carbocycles. The van der Waals surface area contributed by atoms with Crippen molar-refractivity contribution < 1.29 is 36.4 Å². The number of carbonyl (C=O) groups excluding carboxylic acids is 2. The Morgan fingerprint density at radius 3 is 1.45 bits per heavy atom. The van der Waals surface area contributed by atoms with Gasteiger partial charge < -0.3 is 0 Å². The Morgan fingerprint density at radius 2 is 1.07 bits per heavy atom. The number of hydrogen-bond donors (Lipinski definition) is 0. The SMILES string of the molecule is O=Cc1cccc([O][Zr]([O]c2cccc(C=O)c2)([CH]2C=CC=C2)[CH]2C=CC=C2)c1. The molecule has 2 aromatic carbocycles. The van der Waals surface area contributed by atoms with Crippen LogP contribution in [0.5, 0.6) is 11.5 Å². The van der Waals surface area contributed by atoms with Crippen LogP contribution in [0.15, 0.2) is 97.1 Å². The molecule has 0 spiro atoms. The van der Waals surface area contributed by atoms with E-state index in [0.717, 1.165) is 12.6 Å². The molecule has 4 rings (SSSR count). The summed E-state index contributed by atoms with van der Waals surface area (Å²) in [5.74, 6) is 1.25. The van der Waals surface area contributed by atoms with Crippen molar-refractivity contribution in [3.8, 4) is 11.5 Å². The number of aldehydes is 2. The zero-order valence-electron chi connectivity index (χ0n) is 15.7. The second kappa shape index (κ2) is 8.71. The van der Waals surface area contributed by atoms with E-state index in [2.05, 4.69) is 24.3 Å². The molecule has 0 unspecified atom stereocenters. The molecule has 0 atom stereocenters. The first-order valence-electron chi connectivity index (χ1n) is 9.42. The van der Waals surface area contributed by atoms with Crippen molar-refractivity contribution in [1.29, 1.82) is 0 Å². The van der Waals surface area contributed by atoms with Crippen LogP contribution in [0.2, 0.25) is 7.25 Å². The predicted octanol–water partition coefficient (Wildman–Crippen LogP) is 5.58. The number of rotatable bonds is 8. The van der Waals surface area contributed by atoms with Gasteiger partial charge in [0.15, 0.2) is 0 Å². The van der Waals surface area contributed by atoms with E-state index in [-0.39, 0.29) is 7.25 Å². The van der Waals surface area contributed by atoms with Gasteiger partial charge in [-0.3, -0.25) is 0 Å². The van der Waals surface area contributed by atoms with Crippen molar-refractivity contribution in [2.45, 2.75) is 7.25 Å². The standard InChI is InChI=1S/2C7H6O2.2C5H5.Zr/c2*8-5-6-2-1-3-7(9)4-6;2*1-2-4-5-3-1;/h2*1-5,9H;2*1-5H;/q;;;;+2/p-2. The summed E-state index contributed by atoms with van der Waals surface area (Å²) in [5, 5.41) is 0. The zero-order chi connectivity index (χ0) is 20.1. The van der Waals surface area contributed by atoms with Crippen LogP contribution >= 0.6 is 0 Å². The molecule has 5 heteroatoms. The molecule has 0 aromatic heterocycles. The predicted molar refractivity (Wildman–Crippen MR) is 109 cm³/mol. The van der Waals surface area contributed by atoms with Crippen LogP contribution in [0.25, 0.3) is 0 Å². The summed E-state index contributed by atoms with van der Waals surface area (Å²) in [6.45, 7) is 0. The summed E-state index contributed by atoms with van der Waals surface area (Å²) < 4.78 is 13.5. The van der Waals surface area contributed by atoms with Crippen molar-refractivity contribution in [2.24, 2.45) is 0 Å². The summed E-state index contributed by atoms with van der Waals surface area (Å²) in [7, 11) is 0. The molecule has 0 fully saturated rings. The molecule has 29 heavy (non-hydrogen) atoms. The topological polar surface area (TPSA) is 52.6 Å². The maximum absolute atomic E-state index is 11.3. The molecule has 0 amide bonds. The van der Waals surface area contributed by atoms with Gasteiger partial charge in [-0.2, -0.15) is 0 Å². The molecule has 0 saturated heterocycles. The molecule has 0 N–H and O–H groups in total. The molecule has 0 bridgehead atoms. The van der Waals surface area contributed by atoms with Crippen molar-refractivity contribution in [3.63, 3.8) is 0 Å². The van der Waals surface area contributed by atoms with Crippen molar-refractivity contribution >= 4 is 12.6 Å². The van der Waals surface area contributed by atoms with Crippen molar-refractivity contribution in [1.82, 2.24) is 0 Å². The number of carbonyl (C=O) groups is 2. The zero-order valence-corrected chi connectivity index (χ0v) is 18.1. The van der Waals surface area contributed by atoms with E-state index in [4.69, 9.17) is 5.63 Å². The third-order valence-corrected chi connectivity index (χ3v) is 14.2. The molecular weight excluding hydrogens is 443 g/mol. The summed E-state index contributed by atoms with van der Waals surface area (Å²) in [4.78, 5) is 22.5. The molecule has 2 aliphatic carbocycles. The Morgan fingerprint density at radius 1 is 0.655 bits per heavy atom. The van der Waals surface area contributed by atoms with Crippen LogP contribution in [0.1, 0.15) is 20.7 Å². The number of benzene rings is 2. The van der Waals surface area contributed by atoms with E-state index in [9.17, 15) is 9.59 Å². The van der Waals surface area contributed by atoms with Gasteiger partial charge in [0, 0.05) is 0 Å². The van der Waals surface area contributed by atoms with Gasteiger partial charge in [0.05, 0.1) is 0 Å². The molecule has 0 aliphatic heterocycles. The number of allylic oxidation sites excluding steroid dienone is 8. The number of hydrogen-bond acceptors (Lipinski definition) is 4. The fraction of sp³-hybridized carbons (Fsp3) is 0.0833. The second-order valence-corrected chi connectivity index (χ2v) is 14.7. The van der Waals surface area contributed by atoms with Gasteiger partial charge >= 0.3 is 176 Å². The van der Waals surface area contributed by atoms with E-state index in [1.807, 2.05) is 48.6 Å². The molecule has 0 radical (unpaired) electrons. The minimum absolute atomic E-state index is 0.0291. The summed E-state index contributed by atoms with van der Waals surface area (Å²) >= 11 is -4.05. The fourth-order valence-corrected chi connectivity index (χ4v) is 12.3. The van der Waals surface area contributed by atoms with E-state index < -0.39 is 21.1 Å². The Hall–Kier alpha value is -2.78. The van der Waals surface area contributed by atoms with Gasteiger partial charge in [0.1, 0.15) is 0 Å². The molecule has 144 valence electrons. The van der Waals surface area contributed by atoms with Gasteiger partial charge in [-0.15, -0.1) is 0 Å². The minimum atomic E-state index is -4.05. The molecule has 0 heterocycles.